The van der Waals surface area contributed by atoms with Crippen molar-refractivity contribution in [1.82, 2.24) is 14.4 Å². The van der Waals surface area contributed by atoms with E-state index in [0.29, 0.717) is 12.0 Å². The summed E-state index contributed by atoms with van der Waals surface area (Å²) in [7, 11) is 2.02. The molecule has 4 nitrogen and oxygen atoms in total. The first-order valence-electron chi connectivity index (χ1n) is 10.3. The van der Waals surface area contributed by atoms with Crippen molar-refractivity contribution in [2.24, 2.45) is 13.0 Å². The fraction of sp³-hybridized carbons (Fsp3) is 0.375. The van der Waals surface area contributed by atoms with Crippen LogP contribution in [-0.4, -0.2) is 46.0 Å². The second-order valence-electron chi connectivity index (χ2n) is 8.39. The van der Waals surface area contributed by atoms with Gasteiger partial charge in [0, 0.05) is 56.4 Å². The lowest BCUT2D eigenvalue weighted by molar-refractivity contribution is 0.0737. The molecule has 1 amide bonds. The van der Waals surface area contributed by atoms with E-state index in [1.165, 1.54) is 18.4 Å². The molecule has 2 bridgehead atoms. The first kappa shape index (κ1) is 17.5. The zero-order valence-electron chi connectivity index (χ0n) is 16.4. The van der Waals surface area contributed by atoms with Crippen LogP contribution in [0.5, 0.6) is 0 Å². The fourth-order valence-electron chi connectivity index (χ4n) is 5.04. The first-order chi connectivity index (χ1) is 13.7. The van der Waals surface area contributed by atoms with Crippen molar-refractivity contribution in [3.8, 4) is 0 Å². The van der Waals surface area contributed by atoms with Gasteiger partial charge in [-0.2, -0.15) is 0 Å². The highest BCUT2D eigenvalue weighted by Gasteiger charge is 2.37. The number of aromatic nitrogens is 1. The Kier molecular flexibility index (Phi) is 4.44. The highest BCUT2D eigenvalue weighted by Crippen LogP contribution is 2.31. The summed E-state index contributed by atoms with van der Waals surface area (Å²) in [5.74, 6) is 0.761. The summed E-state index contributed by atoms with van der Waals surface area (Å²) in [5, 5.41) is 1.06. The van der Waals surface area contributed by atoms with E-state index < -0.39 is 0 Å². The average Bonchev–Trinajstić information content (AvgIpc) is 2.86. The van der Waals surface area contributed by atoms with Crippen molar-refractivity contribution in [2.45, 2.75) is 25.4 Å². The van der Waals surface area contributed by atoms with Gasteiger partial charge in [-0.05, 0) is 30.4 Å². The minimum absolute atomic E-state index is 0.190. The number of hydrogen-bond acceptors (Lipinski definition) is 2. The Morgan fingerprint density at radius 2 is 1.75 bits per heavy atom. The third-order valence-corrected chi connectivity index (χ3v) is 6.47. The van der Waals surface area contributed by atoms with Crippen molar-refractivity contribution >= 4 is 16.8 Å². The lowest BCUT2D eigenvalue weighted by Crippen LogP contribution is -2.43. The molecule has 6 rings (SSSR count). The maximum atomic E-state index is 13.5. The van der Waals surface area contributed by atoms with Crippen LogP contribution in [0.1, 0.15) is 28.8 Å². The standard InChI is InChI=1S/C24H27N3O/c1-25-17-22(21-9-5-6-10-23(21)25)24(28)27-15-19-11-12-20(16-27)26(14-19)13-18-7-3-2-4-8-18/h2-10,17,19-20H,11-16H2,1H3/t19-,20-/m1/s1. The van der Waals surface area contributed by atoms with Crippen LogP contribution in [0.25, 0.3) is 10.9 Å². The molecule has 0 N–H and O–H groups in total. The van der Waals surface area contributed by atoms with E-state index in [0.717, 1.165) is 42.6 Å². The molecule has 0 spiro atoms. The van der Waals surface area contributed by atoms with E-state index in [9.17, 15) is 4.79 Å². The van der Waals surface area contributed by atoms with E-state index in [-0.39, 0.29) is 5.91 Å². The predicted octanol–water partition coefficient (Wildman–Crippen LogP) is 3.91. The van der Waals surface area contributed by atoms with Gasteiger partial charge in [-0.1, -0.05) is 48.5 Å². The largest absolute Gasteiger partial charge is 0.350 e. The van der Waals surface area contributed by atoms with Crippen LogP contribution in [0, 0.1) is 5.92 Å². The van der Waals surface area contributed by atoms with Crippen LogP contribution in [0.3, 0.4) is 0 Å². The number of carbonyl (C=O) groups is 1. The van der Waals surface area contributed by atoms with Crippen molar-refractivity contribution in [1.29, 1.82) is 0 Å². The minimum Gasteiger partial charge on any atom is -0.350 e. The molecule has 1 aromatic heterocycles. The van der Waals surface area contributed by atoms with Gasteiger partial charge in [0.2, 0.25) is 0 Å². The highest BCUT2D eigenvalue weighted by molar-refractivity contribution is 6.07. The molecule has 0 radical (unpaired) electrons. The summed E-state index contributed by atoms with van der Waals surface area (Å²) in [6, 6.07) is 19.4. The van der Waals surface area contributed by atoms with Gasteiger partial charge in [-0.3, -0.25) is 9.69 Å². The number of hydrogen-bond donors (Lipinski definition) is 0. The quantitative estimate of drug-likeness (QED) is 0.696. The number of carbonyl (C=O) groups excluding carboxylic acids is 1. The number of amides is 1. The summed E-state index contributed by atoms with van der Waals surface area (Å²) in [6.45, 7) is 3.80. The van der Waals surface area contributed by atoms with E-state index >= 15 is 0 Å². The van der Waals surface area contributed by atoms with Gasteiger partial charge in [0.1, 0.15) is 0 Å². The summed E-state index contributed by atoms with van der Waals surface area (Å²) in [4.78, 5) is 18.2. The van der Waals surface area contributed by atoms with Crippen LogP contribution in [0.15, 0.2) is 60.8 Å². The van der Waals surface area contributed by atoms with E-state index in [1.54, 1.807) is 0 Å². The van der Waals surface area contributed by atoms with Crippen LogP contribution in [0.2, 0.25) is 0 Å². The number of rotatable bonds is 3. The number of piperidine rings is 1. The Balaban J connectivity index is 1.39. The van der Waals surface area contributed by atoms with Gasteiger partial charge >= 0.3 is 0 Å². The summed E-state index contributed by atoms with van der Waals surface area (Å²) in [5.41, 5.74) is 3.32. The van der Waals surface area contributed by atoms with Crippen LogP contribution >= 0.6 is 0 Å². The molecule has 0 aliphatic carbocycles. The second-order valence-corrected chi connectivity index (χ2v) is 8.39. The Bertz CT molecular complexity index is 994. The zero-order valence-corrected chi connectivity index (χ0v) is 16.4. The SMILES string of the molecule is Cn1cc(C(=O)N2C[C@@H]3CC[C@H](C2)N(Cc2ccccc2)C3)c2ccccc21. The van der Waals surface area contributed by atoms with E-state index in [4.69, 9.17) is 0 Å². The van der Waals surface area contributed by atoms with Crippen molar-refractivity contribution in [3.63, 3.8) is 0 Å². The first-order valence-corrected chi connectivity index (χ1v) is 10.3. The van der Waals surface area contributed by atoms with Crippen molar-refractivity contribution in [3.05, 3.63) is 71.9 Å². The average molecular weight is 374 g/mol. The molecule has 4 heteroatoms. The summed E-state index contributed by atoms with van der Waals surface area (Å²) in [6.07, 6.45) is 4.42. The number of fused-ring (bicyclic) bond motifs is 5. The summed E-state index contributed by atoms with van der Waals surface area (Å²) < 4.78 is 2.07. The topological polar surface area (TPSA) is 28.5 Å². The second kappa shape index (κ2) is 7.10. The number of benzene rings is 2. The molecule has 2 atom stereocenters. The number of para-hydroxylation sites is 1. The Labute approximate surface area is 166 Å². The third kappa shape index (κ3) is 3.12. The molecule has 4 heterocycles. The normalized spacial score (nSPS) is 22.5. The third-order valence-electron chi connectivity index (χ3n) is 6.47. The van der Waals surface area contributed by atoms with Crippen LogP contribution in [-0.2, 0) is 13.6 Å². The molecule has 3 aliphatic heterocycles. The molecule has 0 saturated carbocycles. The number of nitrogens with zero attached hydrogens (tertiary/aromatic N) is 3. The molecule has 3 fully saturated rings. The van der Waals surface area contributed by atoms with Crippen molar-refractivity contribution < 1.29 is 4.79 Å². The van der Waals surface area contributed by atoms with Crippen molar-refractivity contribution in [2.75, 3.05) is 19.6 Å². The molecule has 2 aromatic carbocycles. The minimum atomic E-state index is 0.190. The fourth-order valence-corrected chi connectivity index (χ4v) is 5.04. The molecule has 3 aliphatic rings. The van der Waals surface area contributed by atoms with Gasteiger partial charge in [0.25, 0.3) is 5.91 Å². The molecule has 3 aromatic rings. The lowest BCUT2D eigenvalue weighted by atomic mass is 9.94. The molecular weight excluding hydrogens is 346 g/mol. The van der Waals surface area contributed by atoms with E-state index in [1.807, 2.05) is 25.4 Å². The van der Waals surface area contributed by atoms with Gasteiger partial charge < -0.3 is 9.47 Å². The predicted molar refractivity (Wildman–Crippen MR) is 112 cm³/mol. The van der Waals surface area contributed by atoms with Crippen LogP contribution < -0.4 is 0 Å². The van der Waals surface area contributed by atoms with Gasteiger partial charge in [-0.25, -0.2) is 0 Å². The zero-order chi connectivity index (χ0) is 19.1. The summed E-state index contributed by atoms with van der Waals surface area (Å²) >= 11 is 0. The highest BCUT2D eigenvalue weighted by atomic mass is 16.2. The van der Waals surface area contributed by atoms with Gasteiger partial charge in [0.15, 0.2) is 0 Å². The molecule has 0 unspecified atom stereocenters. The Morgan fingerprint density at radius 1 is 0.964 bits per heavy atom. The number of aryl methyl sites for hydroxylation is 1. The molecule has 28 heavy (non-hydrogen) atoms. The van der Waals surface area contributed by atoms with Gasteiger partial charge in [-0.15, -0.1) is 0 Å². The Hall–Kier alpha value is -2.59. The van der Waals surface area contributed by atoms with E-state index in [2.05, 4.69) is 56.8 Å². The molecule has 3 saturated heterocycles. The van der Waals surface area contributed by atoms with Crippen LogP contribution in [0.4, 0.5) is 0 Å². The maximum Gasteiger partial charge on any atom is 0.256 e. The van der Waals surface area contributed by atoms with Gasteiger partial charge in [0.05, 0.1) is 5.56 Å². The monoisotopic (exact) mass is 373 g/mol. The Morgan fingerprint density at radius 3 is 2.61 bits per heavy atom. The molecule has 144 valence electrons. The molecular formula is C24H27N3O. The smallest absolute Gasteiger partial charge is 0.256 e. The lowest BCUT2D eigenvalue weighted by Gasteiger charge is -2.36. The maximum absolute atomic E-state index is 13.5.